The van der Waals surface area contributed by atoms with Crippen LogP contribution < -0.4 is 4.72 Å². The summed E-state index contributed by atoms with van der Waals surface area (Å²) in [6.45, 7) is 2.98. The van der Waals surface area contributed by atoms with Gasteiger partial charge in [-0.15, -0.1) is 12.4 Å². The topological polar surface area (TPSA) is 66.5 Å². The Bertz CT molecular complexity index is 594. The number of benzene rings is 1. The van der Waals surface area contributed by atoms with E-state index >= 15 is 0 Å². The SMILES string of the molecule is CS(=O)(=O)Nc1ccc(C(=O)CCN2CCCCCC2)cc1.Cl. The number of sulfonamides is 1. The molecule has 1 fully saturated rings. The highest BCUT2D eigenvalue weighted by Crippen LogP contribution is 2.14. The Hall–Kier alpha value is -1.11. The molecule has 130 valence electrons. The number of Topliss-reactive ketones (excluding diaryl/α,β-unsaturated/α-hetero) is 1. The molecule has 0 amide bonds. The van der Waals surface area contributed by atoms with Crippen LogP contribution in [0.4, 0.5) is 5.69 Å². The van der Waals surface area contributed by atoms with Crippen LogP contribution in [0.5, 0.6) is 0 Å². The molecule has 0 radical (unpaired) electrons. The van der Waals surface area contributed by atoms with Crippen molar-refractivity contribution >= 4 is 33.9 Å². The minimum Gasteiger partial charge on any atom is -0.303 e. The van der Waals surface area contributed by atoms with E-state index in [2.05, 4.69) is 9.62 Å². The first-order valence-electron chi connectivity index (χ1n) is 7.77. The average molecular weight is 361 g/mol. The van der Waals surface area contributed by atoms with Crippen LogP contribution in [-0.4, -0.2) is 45.0 Å². The van der Waals surface area contributed by atoms with Gasteiger partial charge in [0.25, 0.3) is 0 Å². The molecule has 1 saturated heterocycles. The number of carbonyl (C=O) groups is 1. The lowest BCUT2D eigenvalue weighted by molar-refractivity contribution is 0.0965. The highest BCUT2D eigenvalue weighted by molar-refractivity contribution is 7.92. The fourth-order valence-corrected chi connectivity index (χ4v) is 3.27. The van der Waals surface area contributed by atoms with E-state index in [1.165, 1.54) is 25.7 Å². The molecule has 2 rings (SSSR count). The van der Waals surface area contributed by atoms with Crippen molar-refractivity contribution in [3.63, 3.8) is 0 Å². The van der Waals surface area contributed by atoms with Crippen molar-refractivity contribution in [2.24, 2.45) is 0 Å². The lowest BCUT2D eigenvalue weighted by Crippen LogP contribution is -2.27. The number of ketones is 1. The van der Waals surface area contributed by atoms with Crippen molar-refractivity contribution in [1.29, 1.82) is 0 Å². The third-order valence-electron chi connectivity index (χ3n) is 3.86. The predicted molar refractivity (Wildman–Crippen MR) is 96.0 cm³/mol. The maximum atomic E-state index is 12.2. The Balaban J connectivity index is 0.00000264. The number of nitrogens with zero attached hydrogens (tertiary/aromatic N) is 1. The van der Waals surface area contributed by atoms with Crippen LogP contribution in [-0.2, 0) is 10.0 Å². The molecule has 0 spiro atoms. The Morgan fingerprint density at radius 1 is 1.09 bits per heavy atom. The van der Waals surface area contributed by atoms with Gasteiger partial charge in [0.05, 0.1) is 6.26 Å². The normalized spacial score (nSPS) is 16.2. The molecule has 0 saturated carbocycles. The second kappa shape index (κ2) is 9.25. The zero-order chi connectivity index (χ0) is 16.0. The molecule has 0 unspecified atom stereocenters. The molecule has 23 heavy (non-hydrogen) atoms. The number of nitrogens with one attached hydrogen (secondary N) is 1. The lowest BCUT2D eigenvalue weighted by atomic mass is 10.1. The Morgan fingerprint density at radius 3 is 2.17 bits per heavy atom. The van der Waals surface area contributed by atoms with Crippen LogP contribution in [0, 0.1) is 0 Å². The Morgan fingerprint density at radius 2 is 1.65 bits per heavy atom. The molecule has 5 nitrogen and oxygen atoms in total. The summed E-state index contributed by atoms with van der Waals surface area (Å²) < 4.78 is 24.7. The molecule has 7 heteroatoms. The van der Waals surface area contributed by atoms with Crippen molar-refractivity contribution in [2.75, 3.05) is 30.6 Å². The van der Waals surface area contributed by atoms with Crippen molar-refractivity contribution in [3.8, 4) is 0 Å². The second-order valence-corrected chi connectivity index (χ2v) is 7.63. The Labute approximate surface area is 144 Å². The van der Waals surface area contributed by atoms with Crippen LogP contribution in [0.3, 0.4) is 0 Å². The van der Waals surface area contributed by atoms with Gasteiger partial charge in [-0.2, -0.15) is 0 Å². The summed E-state index contributed by atoms with van der Waals surface area (Å²) in [6.07, 6.45) is 6.64. The van der Waals surface area contributed by atoms with Crippen LogP contribution in [0.25, 0.3) is 0 Å². The third kappa shape index (κ3) is 7.33. The Kier molecular flexibility index (Phi) is 8.02. The van der Waals surface area contributed by atoms with Crippen molar-refractivity contribution in [1.82, 2.24) is 4.90 Å². The first-order valence-corrected chi connectivity index (χ1v) is 9.66. The standard InChI is InChI=1S/C16H24N2O3S.ClH/c1-22(20,21)17-15-8-6-14(7-9-15)16(19)10-13-18-11-4-2-3-5-12-18;/h6-9,17H,2-5,10-13H2,1H3;1H. The van der Waals surface area contributed by atoms with E-state index in [9.17, 15) is 13.2 Å². The molecular weight excluding hydrogens is 336 g/mol. The first-order chi connectivity index (χ1) is 10.4. The zero-order valence-corrected chi connectivity index (χ0v) is 15.1. The van der Waals surface area contributed by atoms with Crippen LogP contribution in [0.1, 0.15) is 42.5 Å². The fourth-order valence-electron chi connectivity index (χ4n) is 2.70. The lowest BCUT2D eigenvalue weighted by Gasteiger charge is -2.19. The van der Waals surface area contributed by atoms with E-state index < -0.39 is 10.0 Å². The van der Waals surface area contributed by atoms with Crippen molar-refractivity contribution < 1.29 is 13.2 Å². The third-order valence-corrected chi connectivity index (χ3v) is 4.47. The number of rotatable bonds is 6. The van der Waals surface area contributed by atoms with Crippen LogP contribution in [0.2, 0.25) is 0 Å². The van der Waals surface area contributed by atoms with Gasteiger partial charge in [0, 0.05) is 24.2 Å². The van der Waals surface area contributed by atoms with Crippen molar-refractivity contribution in [3.05, 3.63) is 29.8 Å². The van der Waals surface area contributed by atoms with E-state index in [0.29, 0.717) is 17.7 Å². The zero-order valence-electron chi connectivity index (χ0n) is 13.5. The molecule has 1 aromatic carbocycles. The largest absolute Gasteiger partial charge is 0.303 e. The van der Waals surface area contributed by atoms with Crippen LogP contribution >= 0.6 is 12.4 Å². The van der Waals surface area contributed by atoms with E-state index in [1.54, 1.807) is 24.3 Å². The summed E-state index contributed by atoms with van der Waals surface area (Å²) in [7, 11) is -3.28. The molecule has 0 atom stereocenters. The van der Waals surface area contributed by atoms with Gasteiger partial charge in [-0.1, -0.05) is 12.8 Å². The number of hydrogen-bond donors (Lipinski definition) is 1. The highest BCUT2D eigenvalue weighted by Gasteiger charge is 2.12. The molecule has 1 aliphatic heterocycles. The smallest absolute Gasteiger partial charge is 0.229 e. The summed E-state index contributed by atoms with van der Waals surface area (Å²) in [4.78, 5) is 14.6. The molecule has 0 aliphatic carbocycles. The molecule has 1 N–H and O–H groups in total. The maximum Gasteiger partial charge on any atom is 0.229 e. The minimum absolute atomic E-state index is 0. The van der Waals surface area contributed by atoms with Gasteiger partial charge in [0.1, 0.15) is 0 Å². The van der Waals surface area contributed by atoms with E-state index in [-0.39, 0.29) is 18.2 Å². The number of likely N-dealkylation sites (tertiary alicyclic amines) is 1. The summed E-state index contributed by atoms with van der Waals surface area (Å²) in [5.41, 5.74) is 1.11. The van der Waals surface area contributed by atoms with E-state index in [4.69, 9.17) is 0 Å². The summed E-state index contributed by atoms with van der Waals surface area (Å²) in [6, 6.07) is 6.61. The average Bonchev–Trinajstić information content (AvgIpc) is 2.72. The van der Waals surface area contributed by atoms with Gasteiger partial charge >= 0.3 is 0 Å². The van der Waals surface area contributed by atoms with Gasteiger partial charge in [0.15, 0.2) is 5.78 Å². The van der Waals surface area contributed by atoms with E-state index in [1.807, 2.05) is 0 Å². The predicted octanol–water partition coefficient (Wildman–Crippen LogP) is 2.93. The second-order valence-electron chi connectivity index (χ2n) is 5.88. The number of carbonyl (C=O) groups excluding carboxylic acids is 1. The van der Waals surface area contributed by atoms with Crippen molar-refractivity contribution in [2.45, 2.75) is 32.1 Å². The molecule has 1 aromatic rings. The molecule has 1 aliphatic rings. The van der Waals surface area contributed by atoms with E-state index in [0.717, 1.165) is 25.9 Å². The molecule has 0 aromatic heterocycles. The number of anilines is 1. The fraction of sp³-hybridized carbons (Fsp3) is 0.562. The van der Waals surface area contributed by atoms with Crippen LogP contribution in [0.15, 0.2) is 24.3 Å². The van der Waals surface area contributed by atoms with Gasteiger partial charge in [-0.25, -0.2) is 8.42 Å². The number of hydrogen-bond acceptors (Lipinski definition) is 4. The minimum atomic E-state index is -3.28. The molecule has 1 heterocycles. The summed E-state index contributed by atoms with van der Waals surface area (Å²) in [5.74, 6) is 0.107. The van der Waals surface area contributed by atoms with Gasteiger partial charge < -0.3 is 4.90 Å². The molecular formula is C16H25ClN2O3S. The quantitative estimate of drug-likeness (QED) is 0.792. The first kappa shape index (κ1) is 19.9. The van der Waals surface area contributed by atoms with Gasteiger partial charge in [-0.3, -0.25) is 9.52 Å². The van der Waals surface area contributed by atoms with Gasteiger partial charge in [-0.05, 0) is 50.2 Å². The monoisotopic (exact) mass is 360 g/mol. The summed E-state index contributed by atoms with van der Waals surface area (Å²) >= 11 is 0. The maximum absolute atomic E-state index is 12.2. The number of halogens is 1. The summed E-state index contributed by atoms with van der Waals surface area (Å²) in [5, 5.41) is 0. The van der Waals surface area contributed by atoms with Gasteiger partial charge in [0.2, 0.25) is 10.0 Å². The highest BCUT2D eigenvalue weighted by atomic mass is 35.5. The molecule has 0 bridgehead atoms.